The number of hydrogen-bond donors (Lipinski definition) is 2. The van der Waals surface area contributed by atoms with Crippen molar-refractivity contribution in [3.8, 4) is 11.5 Å². The van der Waals surface area contributed by atoms with Gasteiger partial charge >= 0.3 is 11.9 Å². The maximum absolute atomic E-state index is 12.4. The highest BCUT2D eigenvalue weighted by Crippen LogP contribution is 2.31. The van der Waals surface area contributed by atoms with Gasteiger partial charge in [0.05, 0.1) is 52.9 Å². The molecule has 0 unspecified atom stereocenters. The summed E-state index contributed by atoms with van der Waals surface area (Å²) in [7, 11) is 0. The molecule has 2 N–H and O–H groups in total. The van der Waals surface area contributed by atoms with Gasteiger partial charge in [-0.3, -0.25) is 0 Å². The van der Waals surface area contributed by atoms with Gasteiger partial charge in [0.15, 0.2) is 0 Å². The van der Waals surface area contributed by atoms with E-state index in [1.165, 1.54) is 12.1 Å². The predicted octanol–water partition coefficient (Wildman–Crippen LogP) is 0.815. The van der Waals surface area contributed by atoms with Crippen LogP contribution in [0.3, 0.4) is 0 Å². The lowest BCUT2D eigenvalue weighted by atomic mass is 10.1. The number of esters is 2. The summed E-state index contributed by atoms with van der Waals surface area (Å²) in [5, 5.41) is 17.5. The van der Waals surface area contributed by atoms with Crippen LogP contribution in [-0.4, -0.2) is 88.2 Å². The molecule has 1 rings (SSSR count). The van der Waals surface area contributed by atoms with E-state index in [0.29, 0.717) is 0 Å². The van der Waals surface area contributed by atoms with Crippen molar-refractivity contribution in [3.63, 3.8) is 0 Å². The molecule has 0 radical (unpaired) electrons. The van der Waals surface area contributed by atoms with Crippen LogP contribution in [0.2, 0.25) is 0 Å². The number of ether oxygens (including phenoxy) is 6. The largest absolute Gasteiger partial charge is 0.490 e. The van der Waals surface area contributed by atoms with Gasteiger partial charge in [-0.1, -0.05) is 0 Å². The molecule has 10 nitrogen and oxygen atoms in total. The summed E-state index contributed by atoms with van der Waals surface area (Å²) in [6, 6.07) is 2.72. The molecule has 0 heterocycles. The topological polar surface area (TPSA) is 130 Å². The molecule has 10 heteroatoms. The third-order valence-electron chi connectivity index (χ3n) is 3.51. The SMILES string of the molecule is CCOC(=O)c1cc(OCCOCCO)c(C(=O)OCC)cc1OCCOCCO. The van der Waals surface area contributed by atoms with Crippen LogP contribution in [0.4, 0.5) is 0 Å². The maximum atomic E-state index is 12.4. The molecule has 30 heavy (non-hydrogen) atoms. The van der Waals surface area contributed by atoms with Crippen molar-refractivity contribution < 1.29 is 48.2 Å². The van der Waals surface area contributed by atoms with Gasteiger partial charge in [-0.05, 0) is 26.0 Å². The van der Waals surface area contributed by atoms with Crippen LogP contribution < -0.4 is 9.47 Å². The van der Waals surface area contributed by atoms with E-state index in [-0.39, 0.29) is 88.7 Å². The van der Waals surface area contributed by atoms with Gasteiger partial charge in [-0.2, -0.15) is 0 Å². The van der Waals surface area contributed by atoms with Crippen LogP contribution in [-0.2, 0) is 18.9 Å². The monoisotopic (exact) mass is 430 g/mol. The van der Waals surface area contributed by atoms with Crippen molar-refractivity contribution in [1.82, 2.24) is 0 Å². The number of hydrogen-bond acceptors (Lipinski definition) is 10. The highest BCUT2D eigenvalue weighted by Gasteiger charge is 2.23. The third-order valence-corrected chi connectivity index (χ3v) is 3.51. The molecule has 0 aromatic heterocycles. The first-order chi connectivity index (χ1) is 14.6. The molecule has 1 aromatic carbocycles. The van der Waals surface area contributed by atoms with Gasteiger partial charge in [-0.15, -0.1) is 0 Å². The van der Waals surface area contributed by atoms with Crippen LogP contribution >= 0.6 is 0 Å². The molecule has 0 aliphatic rings. The summed E-state index contributed by atoms with van der Waals surface area (Å²) in [6.45, 7) is 4.27. The molecule has 1 aromatic rings. The molecular formula is C20H30O10. The Kier molecular flexibility index (Phi) is 13.2. The number of benzene rings is 1. The van der Waals surface area contributed by atoms with Gasteiger partial charge < -0.3 is 38.6 Å². The maximum Gasteiger partial charge on any atom is 0.342 e. The summed E-state index contributed by atoms with van der Waals surface area (Å²) >= 11 is 0. The second-order valence-corrected chi connectivity index (χ2v) is 5.65. The van der Waals surface area contributed by atoms with Gasteiger partial charge in [-0.25, -0.2) is 9.59 Å². The van der Waals surface area contributed by atoms with E-state index >= 15 is 0 Å². The molecule has 0 bridgehead atoms. The number of carbonyl (C=O) groups excluding carboxylic acids is 2. The fourth-order valence-corrected chi connectivity index (χ4v) is 2.29. The van der Waals surface area contributed by atoms with Crippen molar-refractivity contribution >= 4 is 11.9 Å². The minimum absolute atomic E-state index is 0.0818. The van der Waals surface area contributed by atoms with Gasteiger partial charge in [0.2, 0.25) is 0 Å². The number of rotatable bonds is 16. The van der Waals surface area contributed by atoms with Crippen molar-refractivity contribution in [2.24, 2.45) is 0 Å². The Morgan fingerprint density at radius 1 is 0.700 bits per heavy atom. The van der Waals surface area contributed by atoms with Crippen LogP contribution in [0.1, 0.15) is 34.6 Å². The number of carbonyl (C=O) groups is 2. The average Bonchev–Trinajstić information content (AvgIpc) is 2.74. The fourth-order valence-electron chi connectivity index (χ4n) is 2.29. The highest BCUT2D eigenvalue weighted by molar-refractivity contribution is 5.98. The molecule has 0 aliphatic heterocycles. The van der Waals surface area contributed by atoms with E-state index in [1.807, 2.05) is 0 Å². The predicted molar refractivity (Wildman–Crippen MR) is 105 cm³/mol. The molecule has 0 saturated carbocycles. The Bertz CT molecular complexity index is 591. The van der Waals surface area contributed by atoms with E-state index in [2.05, 4.69) is 0 Å². The smallest absolute Gasteiger partial charge is 0.342 e. The van der Waals surface area contributed by atoms with Crippen molar-refractivity contribution in [2.75, 3.05) is 66.1 Å². The lowest BCUT2D eigenvalue weighted by Crippen LogP contribution is -2.16. The Hall–Kier alpha value is -2.40. The lowest BCUT2D eigenvalue weighted by Gasteiger charge is -2.16. The summed E-state index contributed by atoms with van der Waals surface area (Å²) in [4.78, 5) is 24.8. The molecule has 0 fully saturated rings. The normalized spacial score (nSPS) is 10.5. The summed E-state index contributed by atoms with van der Waals surface area (Å²) in [5.41, 5.74) is 0.164. The summed E-state index contributed by atoms with van der Waals surface area (Å²) < 4.78 is 31.6. The third kappa shape index (κ3) is 8.95. The number of aliphatic hydroxyl groups is 2. The first-order valence-corrected chi connectivity index (χ1v) is 9.74. The molecule has 0 amide bonds. The first-order valence-electron chi connectivity index (χ1n) is 9.74. The Morgan fingerprint density at radius 3 is 1.43 bits per heavy atom. The molecule has 0 saturated heterocycles. The number of aliphatic hydroxyl groups excluding tert-OH is 2. The second kappa shape index (κ2) is 15.4. The Balaban J connectivity index is 3.11. The Labute approximate surface area is 175 Å². The molecule has 170 valence electrons. The Morgan fingerprint density at radius 2 is 1.10 bits per heavy atom. The quantitative estimate of drug-likeness (QED) is 0.287. The first kappa shape index (κ1) is 25.6. The van der Waals surface area contributed by atoms with Gasteiger partial charge in [0.25, 0.3) is 0 Å². The molecular weight excluding hydrogens is 400 g/mol. The zero-order valence-electron chi connectivity index (χ0n) is 17.4. The van der Waals surface area contributed by atoms with E-state index in [0.717, 1.165) is 0 Å². The lowest BCUT2D eigenvalue weighted by molar-refractivity contribution is 0.0489. The zero-order valence-corrected chi connectivity index (χ0v) is 17.4. The standard InChI is InChI=1S/C20H30O10/c1-3-27-19(23)15-13-18(30-12-10-26-8-6-22)16(20(24)28-4-2)14-17(15)29-11-9-25-7-5-21/h13-14,21-22H,3-12H2,1-2H3. The minimum atomic E-state index is -0.638. The minimum Gasteiger partial charge on any atom is -0.490 e. The van der Waals surface area contributed by atoms with E-state index in [9.17, 15) is 9.59 Å². The van der Waals surface area contributed by atoms with Gasteiger partial charge in [0.1, 0.15) is 35.8 Å². The van der Waals surface area contributed by atoms with E-state index < -0.39 is 11.9 Å². The van der Waals surface area contributed by atoms with Crippen molar-refractivity contribution in [2.45, 2.75) is 13.8 Å². The summed E-state index contributed by atoms with van der Waals surface area (Å²) in [5.74, 6) is -1.04. The van der Waals surface area contributed by atoms with Crippen LogP contribution in [0.5, 0.6) is 11.5 Å². The van der Waals surface area contributed by atoms with Crippen LogP contribution in [0, 0.1) is 0 Å². The van der Waals surface area contributed by atoms with Crippen LogP contribution in [0.15, 0.2) is 12.1 Å². The van der Waals surface area contributed by atoms with Crippen molar-refractivity contribution in [1.29, 1.82) is 0 Å². The molecule has 0 aliphatic carbocycles. The van der Waals surface area contributed by atoms with Crippen LogP contribution in [0.25, 0.3) is 0 Å². The second-order valence-electron chi connectivity index (χ2n) is 5.65. The van der Waals surface area contributed by atoms with E-state index in [4.69, 9.17) is 38.6 Å². The van der Waals surface area contributed by atoms with Crippen molar-refractivity contribution in [3.05, 3.63) is 23.3 Å². The van der Waals surface area contributed by atoms with Gasteiger partial charge in [0, 0.05) is 0 Å². The zero-order chi connectivity index (χ0) is 22.2. The highest BCUT2D eigenvalue weighted by atomic mass is 16.6. The molecule has 0 atom stereocenters. The van der Waals surface area contributed by atoms with E-state index in [1.54, 1.807) is 13.8 Å². The summed E-state index contributed by atoms with van der Waals surface area (Å²) in [6.07, 6.45) is 0. The average molecular weight is 430 g/mol. The fraction of sp³-hybridized carbons (Fsp3) is 0.600. The molecule has 0 spiro atoms.